The van der Waals surface area contributed by atoms with E-state index in [0.717, 1.165) is 30.4 Å². The van der Waals surface area contributed by atoms with Crippen molar-refractivity contribution in [3.63, 3.8) is 0 Å². The summed E-state index contributed by atoms with van der Waals surface area (Å²) in [4.78, 5) is 0. The molecule has 0 bridgehead atoms. The fourth-order valence-corrected chi connectivity index (χ4v) is 7.67. The highest BCUT2D eigenvalue weighted by Gasteiger charge is 2.26. The van der Waals surface area contributed by atoms with Gasteiger partial charge in [0.25, 0.3) is 0 Å². The molecule has 0 amide bonds. The van der Waals surface area contributed by atoms with Crippen LogP contribution in [0.5, 0.6) is 0 Å². The highest BCUT2D eigenvalue weighted by atomic mass is 31.2. The second kappa shape index (κ2) is 26.3. The van der Waals surface area contributed by atoms with Crippen molar-refractivity contribution in [2.75, 3.05) is 13.2 Å². The SMILES string of the molecule is CC#Cc1cc(CCCCCCCCCCCC)c(CP(=O)(OCC)OCC)cc1CCCCCCCCCCCC. The van der Waals surface area contributed by atoms with E-state index in [-0.39, 0.29) is 0 Å². The highest BCUT2D eigenvalue weighted by molar-refractivity contribution is 7.53. The van der Waals surface area contributed by atoms with Gasteiger partial charge in [0.2, 0.25) is 0 Å². The van der Waals surface area contributed by atoms with Gasteiger partial charge in [-0.2, -0.15) is 0 Å². The molecule has 0 heterocycles. The Morgan fingerprint density at radius 3 is 1.36 bits per heavy atom. The van der Waals surface area contributed by atoms with Gasteiger partial charge in [0.05, 0.1) is 19.4 Å². The van der Waals surface area contributed by atoms with Crippen molar-refractivity contribution in [1.82, 2.24) is 0 Å². The lowest BCUT2D eigenvalue weighted by atomic mass is 9.92. The molecule has 0 aliphatic carbocycles. The summed E-state index contributed by atoms with van der Waals surface area (Å²) in [5, 5.41) is 0. The molecule has 0 N–H and O–H groups in total. The van der Waals surface area contributed by atoms with Crippen molar-refractivity contribution < 1.29 is 13.6 Å². The topological polar surface area (TPSA) is 35.5 Å². The van der Waals surface area contributed by atoms with Gasteiger partial charge in [0.1, 0.15) is 0 Å². The highest BCUT2D eigenvalue weighted by Crippen LogP contribution is 2.52. The zero-order valence-electron chi connectivity index (χ0n) is 28.5. The first-order chi connectivity index (χ1) is 20.5. The second-order valence-electron chi connectivity index (χ2n) is 12.1. The van der Waals surface area contributed by atoms with Crippen molar-refractivity contribution >= 4 is 7.60 Å². The van der Waals surface area contributed by atoms with Crippen LogP contribution in [-0.4, -0.2) is 13.2 Å². The van der Waals surface area contributed by atoms with E-state index in [1.807, 2.05) is 20.8 Å². The molecule has 0 fully saturated rings. The summed E-state index contributed by atoms with van der Waals surface area (Å²) < 4.78 is 25.0. The number of hydrogen-bond donors (Lipinski definition) is 0. The van der Waals surface area contributed by atoms with Gasteiger partial charge in [0.15, 0.2) is 0 Å². The predicted molar refractivity (Wildman–Crippen MR) is 185 cm³/mol. The van der Waals surface area contributed by atoms with Crippen LogP contribution in [0.2, 0.25) is 0 Å². The quantitative estimate of drug-likeness (QED) is 0.0544. The lowest BCUT2D eigenvalue weighted by molar-refractivity contribution is 0.219. The summed E-state index contributed by atoms with van der Waals surface area (Å²) in [5.74, 6) is 6.55. The summed E-state index contributed by atoms with van der Waals surface area (Å²) >= 11 is 0. The van der Waals surface area contributed by atoms with E-state index in [4.69, 9.17) is 9.05 Å². The van der Waals surface area contributed by atoms with E-state index in [0.29, 0.717) is 19.4 Å². The van der Waals surface area contributed by atoms with Crippen LogP contribution in [0.3, 0.4) is 0 Å². The molecule has 1 aromatic rings. The molecule has 42 heavy (non-hydrogen) atoms. The zero-order chi connectivity index (χ0) is 30.7. The second-order valence-corrected chi connectivity index (χ2v) is 14.2. The van der Waals surface area contributed by atoms with E-state index in [1.54, 1.807) is 0 Å². The van der Waals surface area contributed by atoms with Crippen molar-refractivity contribution in [2.45, 2.75) is 182 Å². The molecule has 1 aromatic carbocycles. The molecule has 0 spiro atoms. The zero-order valence-corrected chi connectivity index (χ0v) is 29.4. The molecule has 0 aliphatic heterocycles. The van der Waals surface area contributed by atoms with Crippen molar-refractivity contribution in [3.8, 4) is 11.8 Å². The number of rotatable bonds is 28. The third-order valence-electron chi connectivity index (χ3n) is 8.30. The summed E-state index contributed by atoms with van der Waals surface area (Å²) in [6.45, 7) is 11.1. The van der Waals surface area contributed by atoms with Crippen LogP contribution in [0.4, 0.5) is 0 Å². The van der Waals surface area contributed by atoms with Crippen molar-refractivity contribution in [3.05, 3.63) is 34.4 Å². The van der Waals surface area contributed by atoms with Crippen LogP contribution in [0.1, 0.15) is 185 Å². The fourth-order valence-electron chi connectivity index (χ4n) is 5.91. The number of hydrogen-bond acceptors (Lipinski definition) is 3. The van der Waals surface area contributed by atoms with Gasteiger partial charge in [-0.1, -0.05) is 141 Å². The van der Waals surface area contributed by atoms with E-state index >= 15 is 0 Å². The Labute approximate surface area is 262 Å². The first kappa shape index (κ1) is 39.0. The van der Waals surface area contributed by atoms with Crippen LogP contribution >= 0.6 is 7.60 Å². The molecule has 0 aromatic heterocycles. The van der Waals surface area contributed by atoms with Crippen molar-refractivity contribution in [2.24, 2.45) is 0 Å². The molecule has 4 heteroatoms. The van der Waals surface area contributed by atoms with Gasteiger partial charge in [-0.3, -0.25) is 4.57 Å². The van der Waals surface area contributed by atoms with E-state index in [1.165, 1.54) is 133 Å². The molecule has 0 atom stereocenters. The third kappa shape index (κ3) is 18.6. The van der Waals surface area contributed by atoms with E-state index in [9.17, 15) is 4.57 Å². The minimum atomic E-state index is -3.18. The average molecular weight is 603 g/mol. The minimum absolute atomic E-state index is 0.354. The maximum absolute atomic E-state index is 13.6. The number of benzene rings is 1. The first-order valence-electron chi connectivity index (χ1n) is 18.0. The lowest BCUT2D eigenvalue weighted by Gasteiger charge is -2.20. The Hall–Kier alpha value is -1.07. The van der Waals surface area contributed by atoms with Crippen LogP contribution in [0.25, 0.3) is 0 Å². The Kier molecular flexibility index (Phi) is 24.4. The molecule has 0 unspecified atom stereocenters. The normalized spacial score (nSPS) is 11.5. The maximum atomic E-state index is 13.6. The summed E-state index contributed by atoms with van der Waals surface area (Å²) in [7, 11) is -3.18. The van der Waals surface area contributed by atoms with Gasteiger partial charge in [-0.25, -0.2) is 0 Å². The lowest BCUT2D eigenvalue weighted by Crippen LogP contribution is -2.05. The minimum Gasteiger partial charge on any atom is -0.309 e. The van der Waals surface area contributed by atoms with E-state index < -0.39 is 7.60 Å². The van der Waals surface area contributed by atoms with Gasteiger partial charge in [-0.05, 0) is 69.2 Å². The molecule has 3 nitrogen and oxygen atoms in total. The summed E-state index contributed by atoms with van der Waals surface area (Å²) in [6.07, 6.45) is 29.0. The van der Waals surface area contributed by atoms with E-state index in [2.05, 4.69) is 37.8 Å². The van der Waals surface area contributed by atoms with Crippen LogP contribution in [0.15, 0.2) is 12.1 Å². The number of unbranched alkanes of at least 4 members (excludes halogenated alkanes) is 18. The third-order valence-corrected chi connectivity index (χ3v) is 10.3. The Balaban J connectivity index is 2.81. The van der Waals surface area contributed by atoms with Crippen LogP contribution in [0, 0.1) is 11.8 Å². The fraction of sp³-hybridized carbons (Fsp3) is 0.789. The Bertz CT molecular complexity index is 888. The van der Waals surface area contributed by atoms with Gasteiger partial charge < -0.3 is 9.05 Å². The Morgan fingerprint density at radius 2 is 0.952 bits per heavy atom. The monoisotopic (exact) mass is 602 g/mol. The largest absolute Gasteiger partial charge is 0.335 e. The van der Waals surface area contributed by atoms with Gasteiger partial charge in [-0.15, -0.1) is 5.92 Å². The molecule has 1 rings (SSSR count). The molecule has 0 radical (unpaired) electrons. The van der Waals surface area contributed by atoms with Crippen molar-refractivity contribution in [1.29, 1.82) is 0 Å². The molecular weight excluding hydrogens is 535 g/mol. The number of aryl methyl sites for hydroxylation is 2. The molecule has 242 valence electrons. The predicted octanol–water partition coefficient (Wildman–Crippen LogP) is 12.8. The molecule has 0 saturated heterocycles. The van der Waals surface area contributed by atoms with Gasteiger partial charge in [0, 0.05) is 5.56 Å². The molecular formula is C38H67O3P. The maximum Gasteiger partial charge on any atom is 0.335 e. The first-order valence-corrected chi connectivity index (χ1v) is 19.7. The average Bonchev–Trinajstić information content (AvgIpc) is 2.97. The van der Waals surface area contributed by atoms with Gasteiger partial charge >= 0.3 is 7.60 Å². The Morgan fingerprint density at radius 1 is 0.548 bits per heavy atom. The standard InChI is InChI=1S/C38H67O3P/c1-6-11-13-15-17-19-21-23-25-27-30-36-33-38(34-42(39,40-9-4)41-10-5)37(32-35(36)29-8-3)31-28-26-24-22-20-18-16-14-12-7-2/h32-33H,6-7,9-28,30-31,34H2,1-5H3. The summed E-state index contributed by atoms with van der Waals surface area (Å²) in [6, 6.07) is 4.59. The molecule has 0 aliphatic rings. The van der Waals surface area contributed by atoms with Crippen LogP contribution in [-0.2, 0) is 32.6 Å². The summed E-state index contributed by atoms with van der Waals surface area (Å²) in [5.41, 5.74) is 4.87. The molecule has 0 saturated carbocycles. The van der Waals surface area contributed by atoms with Crippen LogP contribution < -0.4 is 0 Å². The smallest absolute Gasteiger partial charge is 0.309 e.